The van der Waals surface area contributed by atoms with Crippen LogP contribution < -0.4 is 15.4 Å². The summed E-state index contributed by atoms with van der Waals surface area (Å²) in [5.41, 5.74) is 1.73. The van der Waals surface area contributed by atoms with E-state index in [1.54, 1.807) is 45.9 Å². The number of nitrogens with one attached hydrogen (secondary N) is 2. The maximum Gasteiger partial charge on any atom is 0.338 e. The van der Waals surface area contributed by atoms with Crippen molar-refractivity contribution in [1.29, 1.82) is 0 Å². The molecule has 0 bridgehead atoms. The molecule has 0 spiro atoms. The summed E-state index contributed by atoms with van der Waals surface area (Å²) in [6.07, 6.45) is 0. The molecule has 0 aliphatic carbocycles. The average Bonchev–Trinajstić information content (AvgIpc) is 2.55. The molecule has 0 amide bonds. The Kier molecular flexibility index (Phi) is 6.61. The summed E-state index contributed by atoms with van der Waals surface area (Å²) in [4.78, 5) is 24.1. The second-order valence-electron chi connectivity index (χ2n) is 6.06. The molecule has 2 rings (SSSR count). The van der Waals surface area contributed by atoms with Crippen molar-refractivity contribution in [3.8, 4) is 5.75 Å². The molecule has 1 unspecified atom stereocenters. The molecule has 0 radical (unpaired) electrons. The van der Waals surface area contributed by atoms with Crippen molar-refractivity contribution in [2.24, 2.45) is 5.92 Å². The Morgan fingerprint density at radius 3 is 2.62 bits per heavy atom. The van der Waals surface area contributed by atoms with Crippen LogP contribution in [0.2, 0.25) is 5.02 Å². The molecule has 1 aromatic carbocycles. The maximum absolute atomic E-state index is 12.4. The van der Waals surface area contributed by atoms with E-state index in [0.29, 0.717) is 21.9 Å². The van der Waals surface area contributed by atoms with Gasteiger partial charge in [0.25, 0.3) is 0 Å². The van der Waals surface area contributed by atoms with Crippen LogP contribution in [-0.4, -0.2) is 23.7 Å². The summed E-state index contributed by atoms with van der Waals surface area (Å²) >= 11 is 11.5. The fourth-order valence-electron chi connectivity index (χ4n) is 2.43. The lowest BCUT2D eigenvalue weighted by Crippen LogP contribution is -2.45. The molecular formula is C18H21ClN2O4S. The van der Waals surface area contributed by atoms with Crippen LogP contribution in [0.25, 0.3) is 0 Å². The van der Waals surface area contributed by atoms with Crippen LogP contribution in [0.15, 0.2) is 29.5 Å². The minimum absolute atomic E-state index is 0.262. The molecule has 6 nitrogen and oxygen atoms in total. The third kappa shape index (κ3) is 4.53. The van der Waals surface area contributed by atoms with Crippen molar-refractivity contribution < 1.29 is 19.1 Å². The molecule has 0 saturated heterocycles. The molecule has 1 heterocycles. The van der Waals surface area contributed by atoms with Gasteiger partial charge in [-0.05, 0) is 43.8 Å². The lowest BCUT2D eigenvalue weighted by atomic mass is 9.95. The number of carbonyl (C=O) groups excluding carboxylic acids is 2. The highest BCUT2D eigenvalue weighted by Crippen LogP contribution is 2.33. The molecule has 0 fully saturated rings. The van der Waals surface area contributed by atoms with Crippen LogP contribution in [-0.2, 0) is 14.3 Å². The number of benzene rings is 1. The molecule has 1 aromatic rings. The van der Waals surface area contributed by atoms with Crippen molar-refractivity contribution in [3.63, 3.8) is 0 Å². The number of allylic oxidation sites excluding steroid dienone is 1. The number of carbonyl (C=O) groups is 2. The monoisotopic (exact) mass is 396 g/mol. The van der Waals surface area contributed by atoms with Gasteiger partial charge in [-0.15, -0.1) is 0 Å². The van der Waals surface area contributed by atoms with Crippen LogP contribution in [0.1, 0.15) is 39.3 Å². The number of thiocarbonyl (C=S) groups is 1. The largest absolute Gasteiger partial charge is 0.463 e. The number of ether oxygens (including phenoxy) is 2. The zero-order valence-corrected chi connectivity index (χ0v) is 16.6. The van der Waals surface area contributed by atoms with E-state index >= 15 is 0 Å². The van der Waals surface area contributed by atoms with E-state index < -0.39 is 12.0 Å². The van der Waals surface area contributed by atoms with Gasteiger partial charge in [0.2, 0.25) is 0 Å². The van der Waals surface area contributed by atoms with E-state index in [4.69, 9.17) is 33.3 Å². The predicted octanol–water partition coefficient (Wildman–Crippen LogP) is 3.26. The topological polar surface area (TPSA) is 76.7 Å². The Labute approximate surface area is 162 Å². The lowest BCUT2D eigenvalue weighted by Gasteiger charge is -2.30. The molecule has 140 valence electrons. The van der Waals surface area contributed by atoms with Gasteiger partial charge in [-0.1, -0.05) is 31.5 Å². The van der Waals surface area contributed by atoms with Gasteiger partial charge in [-0.25, -0.2) is 4.79 Å². The van der Waals surface area contributed by atoms with Gasteiger partial charge in [0.1, 0.15) is 5.75 Å². The van der Waals surface area contributed by atoms with Crippen molar-refractivity contribution in [1.82, 2.24) is 10.6 Å². The van der Waals surface area contributed by atoms with Gasteiger partial charge in [0.05, 0.1) is 29.2 Å². The van der Waals surface area contributed by atoms with Crippen LogP contribution in [0, 0.1) is 5.92 Å². The molecule has 1 aliphatic rings. The smallest absolute Gasteiger partial charge is 0.338 e. The summed E-state index contributed by atoms with van der Waals surface area (Å²) in [5, 5.41) is 6.65. The zero-order valence-electron chi connectivity index (χ0n) is 15.0. The summed E-state index contributed by atoms with van der Waals surface area (Å²) in [6, 6.07) is 4.45. The van der Waals surface area contributed by atoms with Gasteiger partial charge >= 0.3 is 11.9 Å². The molecular weight excluding hydrogens is 376 g/mol. The van der Waals surface area contributed by atoms with Gasteiger partial charge in [-0.2, -0.15) is 0 Å². The molecule has 2 N–H and O–H groups in total. The van der Waals surface area contributed by atoms with Gasteiger partial charge in [0.15, 0.2) is 5.11 Å². The second-order valence-corrected chi connectivity index (χ2v) is 6.87. The predicted molar refractivity (Wildman–Crippen MR) is 103 cm³/mol. The summed E-state index contributed by atoms with van der Waals surface area (Å²) in [5.74, 6) is -0.813. The number of halogens is 1. The molecule has 1 aliphatic heterocycles. The Bertz CT molecular complexity index is 776. The Balaban J connectivity index is 2.37. The van der Waals surface area contributed by atoms with Crippen molar-refractivity contribution >= 4 is 40.9 Å². The van der Waals surface area contributed by atoms with Gasteiger partial charge in [-0.3, -0.25) is 4.79 Å². The highest BCUT2D eigenvalue weighted by atomic mass is 35.5. The summed E-state index contributed by atoms with van der Waals surface area (Å²) in [6.45, 7) is 7.24. The van der Waals surface area contributed by atoms with E-state index in [2.05, 4.69) is 10.6 Å². The average molecular weight is 397 g/mol. The number of hydrogen-bond acceptors (Lipinski definition) is 5. The molecule has 1 atom stereocenters. The second kappa shape index (κ2) is 8.51. The third-order valence-corrected chi connectivity index (χ3v) is 4.25. The minimum atomic E-state index is -0.518. The first kappa shape index (κ1) is 20.2. The van der Waals surface area contributed by atoms with Crippen LogP contribution >= 0.6 is 23.8 Å². The van der Waals surface area contributed by atoms with Crippen molar-refractivity contribution in [2.75, 3.05) is 6.61 Å². The fourth-order valence-corrected chi connectivity index (χ4v) is 2.93. The number of rotatable bonds is 5. The maximum atomic E-state index is 12.4. The van der Waals surface area contributed by atoms with Gasteiger partial charge < -0.3 is 20.1 Å². The number of hydrogen-bond donors (Lipinski definition) is 2. The van der Waals surface area contributed by atoms with Crippen LogP contribution in [0.3, 0.4) is 0 Å². The van der Waals surface area contributed by atoms with Crippen molar-refractivity contribution in [3.05, 3.63) is 40.1 Å². The molecule has 8 heteroatoms. The molecule has 0 aromatic heterocycles. The summed E-state index contributed by atoms with van der Waals surface area (Å²) < 4.78 is 10.4. The van der Waals surface area contributed by atoms with E-state index in [-0.39, 0.29) is 29.3 Å². The first-order valence-electron chi connectivity index (χ1n) is 8.21. The van der Waals surface area contributed by atoms with Crippen LogP contribution in [0.5, 0.6) is 5.75 Å². The normalized spacial score (nSPS) is 16.8. The lowest BCUT2D eigenvalue weighted by molar-refractivity contribution is -0.139. The van der Waals surface area contributed by atoms with Crippen molar-refractivity contribution in [2.45, 2.75) is 33.7 Å². The Morgan fingerprint density at radius 1 is 1.35 bits per heavy atom. The van der Waals surface area contributed by atoms with Crippen LogP contribution in [0.4, 0.5) is 0 Å². The van der Waals surface area contributed by atoms with E-state index in [9.17, 15) is 9.59 Å². The first-order valence-corrected chi connectivity index (χ1v) is 8.99. The quantitative estimate of drug-likeness (QED) is 0.449. The SMILES string of the molecule is CCOC(=O)C1=C(C)NC(=S)NC1c1ccc(OC(=O)C(C)C)c(Cl)c1. The summed E-state index contributed by atoms with van der Waals surface area (Å²) in [7, 11) is 0. The highest BCUT2D eigenvalue weighted by Gasteiger charge is 2.31. The number of esters is 2. The van der Waals surface area contributed by atoms with E-state index in [1.807, 2.05) is 0 Å². The van der Waals surface area contributed by atoms with E-state index in [0.717, 1.165) is 0 Å². The molecule has 0 saturated carbocycles. The third-order valence-electron chi connectivity index (χ3n) is 3.74. The fraction of sp³-hybridized carbons (Fsp3) is 0.389. The van der Waals surface area contributed by atoms with E-state index in [1.165, 1.54) is 0 Å². The minimum Gasteiger partial charge on any atom is -0.463 e. The standard InChI is InChI=1S/C18H21ClN2O4S/c1-5-24-17(23)14-10(4)20-18(26)21-15(14)11-6-7-13(12(19)8-11)25-16(22)9(2)3/h6-9,15H,5H2,1-4H3,(H2,20,21,26). The van der Waals surface area contributed by atoms with Gasteiger partial charge in [0, 0.05) is 5.70 Å². The highest BCUT2D eigenvalue weighted by molar-refractivity contribution is 7.80. The Hall–Kier alpha value is -2.12. The zero-order chi connectivity index (χ0) is 19.4. The first-order chi connectivity index (χ1) is 12.2. The Morgan fingerprint density at radius 2 is 2.04 bits per heavy atom. The molecule has 26 heavy (non-hydrogen) atoms.